The normalized spacial score (nSPS) is 25.4. The van der Waals surface area contributed by atoms with E-state index in [1.165, 1.54) is 0 Å². The van der Waals surface area contributed by atoms with Crippen molar-refractivity contribution in [3.05, 3.63) is 0 Å². The Labute approximate surface area is 139 Å². The number of nitrogens with one attached hydrogen (secondary N) is 2. The van der Waals surface area contributed by atoms with Gasteiger partial charge >= 0.3 is 6.09 Å². The van der Waals surface area contributed by atoms with Crippen molar-refractivity contribution in [1.82, 2.24) is 10.6 Å². The zero-order valence-electron chi connectivity index (χ0n) is 15.2. The maximum absolute atomic E-state index is 12.4. The second-order valence-electron chi connectivity index (χ2n) is 8.25. The molecule has 0 aromatic carbocycles. The van der Waals surface area contributed by atoms with E-state index in [4.69, 9.17) is 4.74 Å². The van der Waals surface area contributed by atoms with Gasteiger partial charge in [0.1, 0.15) is 5.60 Å². The van der Waals surface area contributed by atoms with Gasteiger partial charge in [-0.1, -0.05) is 0 Å². The van der Waals surface area contributed by atoms with Crippen molar-refractivity contribution in [2.75, 3.05) is 0 Å². The van der Waals surface area contributed by atoms with Crippen LogP contribution in [0.3, 0.4) is 0 Å². The Balaban J connectivity index is 2.69. The maximum Gasteiger partial charge on any atom is 0.407 e. The fraction of sp³-hybridized carbons (Fsp3) is 0.824. The smallest absolute Gasteiger partial charge is 0.407 e. The lowest BCUT2D eigenvalue weighted by molar-refractivity contribution is -0.127. The number of carbonyl (C=O) groups is 2. The highest BCUT2D eigenvalue weighted by Gasteiger charge is 2.36. The van der Waals surface area contributed by atoms with Gasteiger partial charge in [0, 0.05) is 11.5 Å². The molecule has 1 rings (SSSR count). The number of ether oxygens (including phenoxy) is 1. The van der Waals surface area contributed by atoms with Crippen LogP contribution >= 0.6 is 0 Å². The Morgan fingerprint density at radius 1 is 1.13 bits per heavy atom. The molecule has 1 aliphatic carbocycles. The first-order valence-electron chi connectivity index (χ1n) is 8.18. The van der Waals surface area contributed by atoms with Crippen LogP contribution in [0.1, 0.15) is 60.8 Å². The zero-order valence-corrected chi connectivity index (χ0v) is 15.2. The highest BCUT2D eigenvalue weighted by atomic mass is 16.6. The molecule has 0 heterocycles. The van der Waals surface area contributed by atoms with E-state index < -0.39 is 11.7 Å². The van der Waals surface area contributed by atoms with Crippen LogP contribution in [0, 0.1) is 5.92 Å². The topological polar surface area (TPSA) is 79.8 Å². The summed E-state index contributed by atoms with van der Waals surface area (Å²) in [6.45, 7) is 14.9. The van der Waals surface area contributed by atoms with Gasteiger partial charge in [0.2, 0.25) is 5.91 Å². The standard InChI is InChI=1S/C17H31N3O3/c1-16(2,3)20-14(21)11-8-9-12(18-7)13(10-11)19-15(22)23-17(4,5)6/h11-13H,7-10H2,1-6H3,(H,19,22)(H,20,21)/t11-,12-,13+/m0/s1. The molecule has 3 atom stereocenters. The van der Waals surface area contributed by atoms with Crippen LogP contribution in [0.15, 0.2) is 4.99 Å². The average molecular weight is 325 g/mol. The molecule has 0 bridgehead atoms. The van der Waals surface area contributed by atoms with Gasteiger partial charge in [-0.3, -0.25) is 9.79 Å². The van der Waals surface area contributed by atoms with Crippen LogP contribution < -0.4 is 10.6 Å². The molecule has 23 heavy (non-hydrogen) atoms. The second kappa shape index (κ2) is 7.32. The minimum atomic E-state index is -0.557. The van der Waals surface area contributed by atoms with E-state index in [0.29, 0.717) is 6.42 Å². The van der Waals surface area contributed by atoms with Crippen molar-refractivity contribution in [3.63, 3.8) is 0 Å². The van der Waals surface area contributed by atoms with Gasteiger partial charge in [0.05, 0.1) is 12.1 Å². The van der Waals surface area contributed by atoms with E-state index in [1.54, 1.807) is 0 Å². The number of aliphatic imine (C=N–C) groups is 1. The Morgan fingerprint density at radius 3 is 2.22 bits per heavy atom. The van der Waals surface area contributed by atoms with E-state index >= 15 is 0 Å². The monoisotopic (exact) mass is 325 g/mol. The molecule has 0 saturated heterocycles. The molecule has 2 N–H and O–H groups in total. The van der Waals surface area contributed by atoms with Gasteiger partial charge in [-0.05, 0) is 67.5 Å². The molecular formula is C17H31N3O3. The molecule has 0 spiro atoms. The van der Waals surface area contributed by atoms with Crippen LogP contribution in [0.4, 0.5) is 4.79 Å². The summed E-state index contributed by atoms with van der Waals surface area (Å²) in [6.07, 6.45) is 1.54. The summed E-state index contributed by atoms with van der Waals surface area (Å²) in [7, 11) is 0. The molecule has 0 radical (unpaired) electrons. The molecule has 1 fully saturated rings. The number of amides is 2. The van der Waals surface area contributed by atoms with Crippen LogP contribution in [-0.4, -0.2) is 41.9 Å². The largest absolute Gasteiger partial charge is 0.444 e. The Bertz CT molecular complexity index is 449. The van der Waals surface area contributed by atoms with Crippen molar-refractivity contribution >= 4 is 18.7 Å². The van der Waals surface area contributed by atoms with Crippen LogP contribution in [-0.2, 0) is 9.53 Å². The van der Waals surface area contributed by atoms with Gasteiger partial charge in [0.15, 0.2) is 0 Å². The van der Waals surface area contributed by atoms with Crippen molar-refractivity contribution in [2.45, 2.75) is 84.0 Å². The van der Waals surface area contributed by atoms with Gasteiger partial charge in [-0.15, -0.1) is 0 Å². The molecule has 0 aromatic rings. The summed E-state index contributed by atoms with van der Waals surface area (Å²) in [5.74, 6) is -0.108. The molecule has 132 valence electrons. The number of hydrogen-bond donors (Lipinski definition) is 2. The van der Waals surface area contributed by atoms with Crippen molar-refractivity contribution in [1.29, 1.82) is 0 Å². The summed E-state index contributed by atoms with van der Waals surface area (Å²) in [4.78, 5) is 28.5. The van der Waals surface area contributed by atoms with E-state index in [9.17, 15) is 9.59 Å². The summed E-state index contributed by atoms with van der Waals surface area (Å²) in [5, 5.41) is 5.85. The zero-order chi connectivity index (χ0) is 17.8. The summed E-state index contributed by atoms with van der Waals surface area (Å²) >= 11 is 0. The molecular weight excluding hydrogens is 294 g/mol. The minimum absolute atomic E-state index is 0.0241. The van der Waals surface area contributed by atoms with Crippen molar-refractivity contribution < 1.29 is 14.3 Å². The third kappa shape index (κ3) is 7.01. The predicted molar refractivity (Wildman–Crippen MR) is 91.7 cm³/mol. The van der Waals surface area contributed by atoms with E-state index in [-0.39, 0.29) is 29.4 Å². The second-order valence-corrected chi connectivity index (χ2v) is 8.25. The summed E-state index contributed by atoms with van der Waals surface area (Å²) in [6, 6.07) is -0.312. The quantitative estimate of drug-likeness (QED) is 0.783. The molecule has 1 aliphatic rings. The van der Waals surface area contributed by atoms with Crippen molar-refractivity contribution in [3.8, 4) is 0 Å². The van der Waals surface area contributed by atoms with Crippen LogP contribution in [0.5, 0.6) is 0 Å². The lowest BCUT2D eigenvalue weighted by Gasteiger charge is -2.35. The fourth-order valence-corrected chi connectivity index (χ4v) is 2.70. The highest BCUT2D eigenvalue weighted by molar-refractivity contribution is 5.79. The van der Waals surface area contributed by atoms with E-state index in [2.05, 4.69) is 22.3 Å². The third-order valence-corrected chi connectivity index (χ3v) is 3.62. The lowest BCUT2D eigenvalue weighted by atomic mass is 9.81. The molecule has 6 nitrogen and oxygen atoms in total. The predicted octanol–water partition coefficient (Wildman–Crippen LogP) is 2.66. The molecule has 1 saturated carbocycles. The lowest BCUT2D eigenvalue weighted by Crippen LogP contribution is -2.51. The first kappa shape index (κ1) is 19.5. The fourth-order valence-electron chi connectivity index (χ4n) is 2.70. The number of nitrogens with zero attached hydrogens (tertiary/aromatic N) is 1. The van der Waals surface area contributed by atoms with Crippen LogP contribution in [0.2, 0.25) is 0 Å². The SMILES string of the molecule is C=N[C@H]1CC[C@H](C(=O)NC(C)(C)C)C[C@H]1NC(=O)OC(C)(C)C. The average Bonchev–Trinajstić information content (AvgIpc) is 2.34. The van der Waals surface area contributed by atoms with Gasteiger partial charge < -0.3 is 15.4 Å². The van der Waals surface area contributed by atoms with E-state index in [1.807, 2.05) is 41.5 Å². The Kier molecular flexibility index (Phi) is 6.19. The maximum atomic E-state index is 12.4. The number of alkyl carbamates (subject to hydrolysis) is 1. The minimum Gasteiger partial charge on any atom is -0.444 e. The number of rotatable bonds is 3. The first-order chi connectivity index (χ1) is 10.4. The van der Waals surface area contributed by atoms with Crippen molar-refractivity contribution in [2.24, 2.45) is 10.9 Å². The summed E-state index contributed by atoms with van der Waals surface area (Å²) in [5.41, 5.74) is -0.822. The third-order valence-electron chi connectivity index (χ3n) is 3.62. The number of carbonyl (C=O) groups excluding carboxylic acids is 2. The highest BCUT2D eigenvalue weighted by Crippen LogP contribution is 2.27. The molecule has 2 amide bonds. The Morgan fingerprint density at radius 2 is 1.74 bits per heavy atom. The van der Waals surface area contributed by atoms with E-state index in [0.717, 1.165) is 12.8 Å². The van der Waals surface area contributed by atoms with Gasteiger partial charge in [-0.25, -0.2) is 4.79 Å². The molecule has 6 heteroatoms. The van der Waals surface area contributed by atoms with Gasteiger partial charge in [-0.2, -0.15) is 0 Å². The first-order valence-corrected chi connectivity index (χ1v) is 8.18. The number of hydrogen-bond acceptors (Lipinski definition) is 4. The molecule has 0 aromatic heterocycles. The van der Waals surface area contributed by atoms with Crippen LogP contribution in [0.25, 0.3) is 0 Å². The van der Waals surface area contributed by atoms with Gasteiger partial charge in [0.25, 0.3) is 0 Å². The summed E-state index contributed by atoms with van der Waals surface area (Å²) < 4.78 is 5.30. The Hall–Kier alpha value is -1.59. The molecule has 0 aliphatic heterocycles. The molecule has 0 unspecified atom stereocenters.